The molecule has 0 aromatic carbocycles. The van der Waals surface area contributed by atoms with Gasteiger partial charge in [-0.1, -0.05) is 32.3 Å². The lowest BCUT2D eigenvalue weighted by Crippen LogP contribution is -2.05. The van der Waals surface area contributed by atoms with Gasteiger partial charge in [-0.25, -0.2) is 4.39 Å². The number of hydrogen-bond acceptors (Lipinski definition) is 2. The van der Waals surface area contributed by atoms with Gasteiger partial charge in [0.25, 0.3) is 0 Å². The maximum Gasteiger partial charge on any atom is 0.123 e. The van der Waals surface area contributed by atoms with Crippen molar-refractivity contribution in [3.8, 4) is 0 Å². The van der Waals surface area contributed by atoms with Gasteiger partial charge < -0.3 is 9.84 Å². The van der Waals surface area contributed by atoms with E-state index in [0.29, 0.717) is 6.42 Å². The zero-order chi connectivity index (χ0) is 10.6. The number of halogens is 1. The number of hydrogen-bond donors (Lipinski definition) is 1. The number of alkyl halides is 1. The third kappa shape index (κ3) is 9.52. The standard InChI is InChI=1S/C11H21FO2/c1-2-14-9-7-5-3-4-6-8-11(12)10-13/h2,11,13H,1,3-10H2. The molecule has 0 aliphatic heterocycles. The largest absolute Gasteiger partial charge is 0.502 e. The Morgan fingerprint density at radius 2 is 1.86 bits per heavy atom. The van der Waals surface area contributed by atoms with Crippen LogP contribution in [0.5, 0.6) is 0 Å². The van der Waals surface area contributed by atoms with Gasteiger partial charge in [0.05, 0.1) is 19.5 Å². The zero-order valence-electron chi connectivity index (χ0n) is 8.75. The molecule has 0 rings (SSSR count). The summed E-state index contributed by atoms with van der Waals surface area (Å²) in [6, 6.07) is 0. The minimum Gasteiger partial charge on any atom is -0.502 e. The minimum absolute atomic E-state index is 0.340. The molecule has 1 unspecified atom stereocenters. The first-order valence-electron chi connectivity index (χ1n) is 5.28. The lowest BCUT2D eigenvalue weighted by atomic mass is 10.1. The number of unbranched alkanes of at least 4 members (excludes halogenated alkanes) is 4. The smallest absolute Gasteiger partial charge is 0.123 e. The molecule has 0 bridgehead atoms. The Kier molecular flexibility index (Phi) is 10.1. The summed E-state index contributed by atoms with van der Waals surface area (Å²) >= 11 is 0. The van der Waals surface area contributed by atoms with Gasteiger partial charge in [-0.15, -0.1) is 0 Å². The van der Waals surface area contributed by atoms with E-state index in [0.717, 1.165) is 38.7 Å². The van der Waals surface area contributed by atoms with Crippen LogP contribution in [0, 0.1) is 0 Å². The molecular formula is C11H21FO2. The van der Waals surface area contributed by atoms with Crippen LogP contribution >= 0.6 is 0 Å². The van der Waals surface area contributed by atoms with Gasteiger partial charge in [0, 0.05) is 0 Å². The van der Waals surface area contributed by atoms with Gasteiger partial charge in [0.1, 0.15) is 6.17 Å². The van der Waals surface area contributed by atoms with Crippen molar-refractivity contribution >= 4 is 0 Å². The predicted molar refractivity (Wildman–Crippen MR) is 55.8 cm³/mol. The number of aliphatic hydroxyl groups excluding tert-OH is 1. The molecule has 0 fully saturated rings. The molecule has 0 aliphatic rings. The number of aliphatic hydroxyl groups is 1. The molecule has 1 atom stereocenters. The van der Waals surface area contributed by atoms with Gasteiger partial charge in [-0.05, 0) is 12.8 Å². The second-order valence-corrected chi connectivity index (χ2v) is 3.37. The van der Waals surface area contributed by atoms with Crippen molar-refractivity contribution in [1.29, 1.82) is 0 Å². The average molecular weight is 204 g/mol. The average Bonchev–Trinajstić information content (AvgIpc) is 2.21. The predicted octanol–water partition coefficient (Wildman–Crippen LogP) is 2.82. The fraction of sp³-hybridized carbons (Fsp3) is 0.818. The van der Waals surface area contributed by atoms with E-state index in [1.807, 2.05) is 0 Å². The molecule has 2 nitrogen and oxygen atoms in total. The van der Waals surface area contributed by atoms with Gasteiger partial charge >= 0.3 is 0 Å². The Morgan fingerprint density at radius 1 is 1.21 bits per heavy atom. The maximum atomic E-state index is 12.5. The van der Waals surface area contributed by atoms with Crippen LogP contribution in [0.25, 0.3) is 0 Å². The monoisotopic (exact) mass is 204 g/mol. The summed E-state index contributed by atoms with van der Waals surface area (Å²) in [6.45, 7) is 3.84. The molecular weight excluding hydrogens is 183 g/mol. The van der Waals surface area contributed by atoms with E-state index >= 15 is 0 Å². The molecule has 0 radical (unpaired) electrons. The molecule has 1 N–H and O–H groups in total. The Morgan fingerprint density at radius 3 is 2.50 bits per heavy atom. The molecule has 0 saturated heterocycles. The Bertz CT molecular complexity index is 128. The fourth-order valence-corrected chi connectivity index (χ4v) is 1.26. The quantitative estimate of drug-likeness (QED) is 0.438. The molecule has 14 heavy (non-hydrogen) atoms. The fourth-order valence-electron chi connectivity index (χ4n) is 1.26. The lowest BCUT2D eigenvalue weighted by Gasteiger charge is -2.04. The van der Waals surface area contributed by atoms with E-state index in [1.54, 1.807) is 0 Å². The van der Waals surface area contributed by atoms with Crippen LogP contribution in [0.4, 0.5) is 4.39 Å². The van der Waals surface area contributed by atoms with Crippen LogP contribution in [-0.2, 0) is 4.74 Å². The van der Waals surface area contributed by atoms with Crippen LogP contribution in [0.3, 0.4) is 0 Å². The number of rotatable bonds is 10. The third-order valence-electron chi connectivity index (χ3n) is 2.10. The second-order valence-electron chi connectivity index (χ2n) is 3.37. The van der Waals surface area contributed by atoms with E-state index in [4.69, 9.17) is 9.84 Å². The van der Waals surface area contributed by atoms with Crippen LogP contribution < -0.4 is 0 Å². The molecule has 0 spiro atoms. The molecule has 0 aromatic rings. The molecule has 0 amide bonds. The van der Waals surface area contributed by atoms with Gasteiger partial charge in [0.2, 0.25) is 0 Å². The van der Waals surface area contributed by atoms with Gasteiger partial charge in [-0.3, -0.25) is 0 Å². The Hall–Kier alpha value is -0.570. The SMILES string of the molecule is C=COCCCCCCCC(F)CO. The first kappa shape index (κ1) is 13.4. The highest BCUT2D eigenvalue weighted by Gasteiger charge is 2.02. The van der Waals surface area contributed by atoms with Gasteiger partial charge in [-0.2, -0.15) is 0 Å². The van der Waals surface area contributed by atoms with Crippen molar-refractivity contribution in [2.45, 2.75) is 44.7 Å². The Balaban J connectivity index is 2.95. The van der Waals surface area contributed by atoms with Crippen molar-refractivity contribution in [3.05, 3.63) is 12.8 Å². The second kappa shape index (κ2) is 10.5. The highest BCUT2D eigenvalue weighted by atomic mass is 19.1. The molecule has 0 aliphatic carbocycles. The van der Waals surface area contributed by atoms with Crippen molar-refractivity contribution in [1.82, 2.24) is 0 Å². The molecule has 3 heteroatoms. The topological polar surface area (TPSA) is 29.5 Å². The van der Waals surface area contributed by atoms with Crippen molar-refractivity contribution in [3.63, 3.8) is 0 Å². The van der Waals surface area contributed by atoms with Crippen molar-refractivity contribution in [2.75, 3.05) is 13.2 Å². The van der Waals surface area contributed by atoms with Crippen molar-refractivity contribution < 1.29 is 14.2 Å². The maximum absolute atomic E-state index is 12.5. The summed E-state index contributed by atoms with van der Waals surface area (Å²) in [5.41, 5.74) is 0. The first-order valence-corrected chi connectivity index (χ1v) is 5.28. The molecule has 84 valence electrons. The summed E-state index contributed by atoms with van der Waals surface area (Å²) in [6.07, 6.45) is 6.07. The van der Waals surface area contributed by atoms with Crippen molar-refractivity contribution in [2.24, 2.45) is 0 Å². The highest BCUT2D eigenvalue weighted by Crippen LogP contribution is 2.09. The Labute approximate surface area is 85.8 Å². The normalized spacial score (nSPS) is 12.4. The van der Waals surface area contributed by atoms with E-state index in [2.05, 4.69) is 6.58 Å². The van der Waals surface area contributed by atoms with Crippen LogP contribution in [0.15, 0.2) is 12.8 Å². The molecule has 0 saturated carbocycles. The van der Waals surface area contributed by atoms with E-state index in [9.17, 15) is 4.39 Å². The van der Waals surface area contributed by atoms with E-state index in [1.165, 1.54) is 6.26 Å². The third-order valence-corrected chi connectivity index (χ3v) is 2.10. The summed E-state index contributed by atoms with van der Waals surface area (Å²) in [7, 11) is 0. The van der Waals surface area contributed by atoms with Crippen LogP contribution in [0.1, 0.15) is 38.5 Å². The van der Waals surface area contributed by atoms with Crippen LogP contribution in [-0.4, -0.2) is 24.5 Å². The minimum atomic E-state index is -1.03. The van der Waals surface area contributed by atoms with Gasteiger partial charge in [0.15, 0.2) is 0 Å². The lowest BCUT2D eigenvalue weighted by molar-refractivity contribution is 0.167. The van der Waals surface area contributed by atoms with Crippen LogP contribution in [0.2, 0.25) is 0 Å². The summed E-state index contributed by atoms with van der Waals surface area (Å²) in [4.78, 5) is 0. The summed E-state index contributed by atoms with van der Waals surface area (Å²) in [5.74, 6) is 0. The number of ether oxygens (including phenoxy) is 1. The summed E-state index contributed by atoms with van der Waals surface area (Å²) in [5, 5.41) is 8.43. The highest BCUT2D eigenvalue weighted by molar-refractivity contribution is 4.54. The zero-order valence-corrected chi connectivity index (χ0v) is 8.75. The first-order chi connectivity index (χ1) is 6.81. The summed E-state index contributed by atoms with van der Waals surface area (Å²) < 4.78 is 17.5. The molecule has 0 heterocycles. The molecule has 0 aromatic heterocycles. The van der Waals surface area contributed by atoms with E-state index in [-0.39, 0.29) is 6.61 Å². The van der Waals surface area contributed by atoms with E-state index < -0.39 is 6.17 Å².